The van der Waals surface area contributed by atoms with Crippen LogP contribution >= 0.6 is 11.6 Å². The average Bonchev–Trinajstić information content (AvgIpc) is 2.76. The average molecular weight is 293 g/mol. The molecule has 0 saturated carbocycles. The van der Waals surface area contributed by atoms with Crippen molar-refractivity contribution in [3.8, 4) is 11.4 Å². The number of halogens is 4. The van der Waals surface area contributed by atoms with E-state index in [4.69, 9.17) is 16.7 Å². The van der Waals surface area contributed by atoms with Crippen LogP contribution in [-0.2, 0) is 6.42 Å². The third-order valence-electron chi connectivity index (χ3n) is 2.30. The van der Waals surface area contributed by atoms with Crippen molar-refractivity contribution < 1.29 is 22.8 Å². The predicted octanol–water partition coefficient (Wildman–Crippen LogP) is 2.86. The molecule has 1 aromatic heterocycles. The number of aliphatic hydroxyl groups excluding tert-OH is 1. The maximum atomic E-state index is 12.2. The van der Waals surface area contributed by atoms with Crippen LogP contribution in [0.5, 0.6) is 0 Å². The largest absolute Gasteiger partial charge is 0.414 e. The normalized spacial score (nSPS) is 13.5. The van der Waals surface area contributed by atoms with Gasteiger partial charge in [-0.3, -0.25) is 0 Å². The van der Waals surface area contributed by atoms with Gasteiger partial charge in [-0.2, -0.15) is 18.2 Å². The second-order valence-corrected chi connectivity index (χ2v) is 4.22. The van der Waals surface area contributed by atoms with E-state index in [0.717, 1.165) is 0 Å². The fourth-order valence-electron chi connectivity index (χ4n) is 1.36. The van der Waals surface area contributed by atoms with Gasteiger partial charge in [0.15, 0.2) is 6.10 Å². The Balaban J connectivity index is 2.16. The molecule has 19 heavy (non-hydrogen) atoms. The zero-order valence-electron chi connectivity index (χ0n) is 9.36. The van der Waals surface area contributed by atoms with E-state index >= 15 is 0 Å². The first-order valence-corrected chi connectivity index (χ1v) is 5.57. The molecule has 4 nitrogen and oxygen atoms in total. The molecule has 0 aliphatic carbocycles. The third-order valence-corrected chi connectivity index (χ3v) is 2.53. The summed E-state index contributed by atoms with van der Waals surface area (Å²) < 4.78 is 41.1. The highest BCUT2D eigenvalue weighted by atomic mass is 35.5. The molecule has 0 fully saturated rings. The fourth-order valence-corrected chi connectivity index (χ4v) is 1.55. The highest BCUT2D eigenvalue weighted by Gasteiger charge is 2.39. The quantitative estimate of drug-likeness (QED) is 0.945. The molecule has 0 bridgehead atoms. The molecule has 0 aliphatic heterocycles. The summed E-state index contributed by atoms with van der Waals surface area (Å²) in [5.74, 6) is -0.174. The lowest BCUT2D eigenvalue weighted by molar-refractivity contribution is -0.204. The maximum absolute atomic E-state index is 12.2. The summed E-state index contributed by atoms with van der Waals surface area (Å²) in [6, 6.07) is 6.48. The molecule has 1 N–H and O–H groups in total. The van der Waals surface area contributed by atoms with Crippen LogP contribution in [0.25, 0.3) is 11.4 Å². The van der Waals surface area contributed by atoms with E-state index in [1.807, 2.05) is 0 Å². The summed E-state index contributed by atoms with van der Waals surface area (Å²) in [6.45, 7) is 0. The van der Waals surface area contributed by atoms with Gasteiger partial charge in [-0.1, -0.05) is 28.9 Å². The van der Waals surface area contributed by atoms with Gasteiger partial charge in [-0.25, -0.2) is 0 Å². The Hall–Kier alpha value is -1.60. The molecule has 2 aromatic rings. The monoisotopic (exact) mass is 292 g/mol. The molecular weight excluding hydrogens is 285 g/mol. The molecule has 0 spiro atoms. The third kappa shape index (κ3) is 3.45. The molecule has 2 rings (SSSR count). The Kier molecular flexibility index (Phi) is 3.77. The van der Waals surface area contributed by atoms with Gasteiger partial charge in [0.05, 0.1) is 6.42 Å². The summed E-state index contributed by atoms with van der Waals surface area (Å²) in [6.07, 6.45) is -8.03. The van der Waals surface area contributed by atoms with Crippen LogP contribution in [0.4, 0.5) is 13.2 Å². The molecule has 1 aromatic carbocycles. The molecule has 0 aliphatic rings. The van der Waals surface area contributed by atoms with Crippen LogP contribution in [0.2, 0.25) is 5.02 Å². The zero-order valence-corrected chi connectivity index (χ0v) is 10.1. The van der Waals surface area contributed by atoms with Gasteiger partial charge in [0.2, 0.25) is 11.7 Å². The molecule has 0 saturated heterocycles. The Morgan fingerprint density at radius 1 is 1.37 bits per heavy atom. The minimum Gasteiger partial charge on any atom is -0.383 e. The Morgan fingerprint density at radius 2 is 2.11 bits per heavy atom. The zero-order chi connectivity index (χ0) is 14.0. The number of alkyl halides is 3. The minimum absolute atomic E-state index is 0.117. The summed E-state index contributed by atoms with van der Waals surface area (Å²) in [4.78, 5) is 3.78. The second kappa shape index (κ2) is 5.18. The smallest absolute Gasteiger partial charge is 0.383 e. The molecule has 1 heterocycles. The van der Waals surface area contributed by atoms with E-state index in [0.29, 0.717) is 10.6 Å². The number of hydrogen-bond acceptors (Lipinski definition) is 4. The summed E-state index contributed by atoms with van der Waals surface area (Å²) in [7, 11) is 0. The van der Waals surface area contributed by atoms with Gasteiger partial charge in [0.1, 0.15) is 0 Å². The van der Waals surface area contributed by atoms with E-state index in [1.54, 1.807) is 24.3 Å². The molecule has 0 amide bonds. The Labute approximate surface area is 110 Å². The molecule has 8 heteroatoms. The lowest BCUT2D eigenvalue weighted by Crippen LogP contribution is -2.30. The highest BCUT2D eigenvalue weighted by Crippen LogP contribution is 2.24. The van der Waals surface area contributed by atoms with Crippen molar-refractivity contribution in [3.63, 3.8) is 0 Å². The van der Waals surface area contributed by atoms with Crippen molar-refractivity contribution in [3.05, 3.63) is 35.2 Å². The number of hydrogen-bond donors (Lipinski definition) is 1. The summed E-state index contributed by atoms with van der Waals surface area (Å²) >= 11 is 5.77. The van der Waals surface area contributed by atoms with Crippen molar-refractivity contribution in [1.82, 2.24) is 10.1 Å². The van der Waals surface area contributed by atoms with Crippen LogP contribution in [-0.4, -0.2) is 27.5 Å². The lowest BCUT2D eigenvalue weighted by Gasteiger charge is -2.11. The van der Waals surface area contributed by atoms with Crippen LogP contribution in [0.3, 0.4) is 0 Å². The van der Waals surface area contributed by atoms with Crippen molar-refractivity contribution in [1.29, 1.82) is 0 Å². The Morgan fingerprint density at radius 3 is 2.74 bits per heavy atom. The maximum Gasteiger partial charge on any atom is 0.414 e. The SMILES string of the molecule is OC(Cc1nc(-c2cccc(Cl)c2)no1)C(F)(F)F. The number of aliphatic hydroxyl groups is 1. The van der Waals surface area contributed by atoms with E-state index < -0.39 is 18.7 Å². The van der Waals surface area contributed by atoms with E-state index in [-0.39, 0.29) is 11.7 Å². The number of aromatic nitrogens is 2. The van der Waals surface area contributed by atoms with Gasteiger partial charge >= 0.3 is 6.18 Å². The lowest BCUT2D eigenvalue weighted by atomic mass is 10.2. The molecular formula is C11H8ClF3N2O2. The molecule has 1 unspecified atom stereocenters. The molecule has 1 atom stereocenters. The van der Waals surface area contributed by atoms with Crippen LogP contribution in [0, 0.1) is 0 Å². The van der Waals surface area contributed by atoms with Gasteiger partial charge < -0.3 is 9.63 Å². The molecule has 102 valence electrons. The number of benzene rings is 1. The van der Waals surface area contributed by atoms with Crippen molar-refractivity contribution in [2.24, 2.45) is 0 Å². The number of rotatable bonds is 3. The van der Waals surface area contributed by atoms with Crippen molar-refractivity contribution in [2.75, 3.05) is 0 Å². The van der Waals surface area contributed by atoms with Gasteiger partial charge in [-0.05, 0) is 12.1 Å². The van der Waals surface area contributed by atoms with E-state index in [1.165, 1.54) is 0 Å². The van der Waals surface area contributed by atoms with E-state index in [2.05, 4.69) is 14.7 Å². The van der Waals surface area contributed by atoms with Gasteiger partial charge in [0, 0.05) is 10.6 Å². The highest BCUT2D eigenvalue weighted by molar-refractivity contribution is 6.30. The van der Waals surface area contributed by atoms with Crippen LogP contribution < -0.4 is 0 Å². The standard InChI is InChI=1S/C11H8ClF3N2O2/c12-7-3-1-2-6(4-7)10-16-9(19-17-10)5-8(18)11(13,14)15/h1-4,8,18H,5H2. The topological polar surface area (TPSA) is 59.2 Å². The first-order chi connectivity index (χ1) is 8.86. The van der Waals surface area contributed by atoms with E-state index in [9.17, 15) is 13.2 Å². The second-order valence-electron chi connectivity index (χ2n) is 3.78. The fraction of sp³-hybridized carbons (Fsp3) is 0.273. The minimum atomic E-state index is -4.72. The van der Waals surface area contributed by atoms with Crippen LogP contribution in [0.1, 0.15) is 5.89 Å². The summed E-state index contributed by atoms with van der Waals surface area (Å²) in [5, 5.41) is 12.9. The number of nitrogens with zero attached hydrogens (tertiary/aromatic N) is 2. The summed E-state index contributed by atoms with van der Waals surface area (Å²) in [5.41, 5.74) is 0.518. The van der Waals surface area contributed by atoms with Crippen molar-refractivity contribution >= 4 is 11.6 Å². The Bertz CT molecular complexity index is 571. The van der Waals surface area contributed by atoms with Gasteiger partial charge in [-0.15, -0.1) is 0 Å². The first-order valence-electron chi connectivity index (χ1n) is 5.19. The van der Waals surface area contributed by atoms with Gasteiger partial charge in [0.25, 0.3) is 0 Å². The predicted molar refractivity (Wildman–Crippen MR) is 60.5 cm³/mol. The molecule has 0 radical (unpaired) electrons. The van der Waals surface area contributed by atoms with Crippen molar-refractivity contribution in [2.45, 2.75) is 18.7 Å². The van der Waals surface area contributed by atoms with Crippen LogP contribution in [0.15, 0.2) is 28.8 Å². The first kappa shape index (κ1) is 13.8.